The van der Waals surface area contributed by atoms with Crippen LogP contribution in [0.5, 0.6) is 0 Å². The predicted molar refractivity (Wildman–Crippen MR) is 75.3 cm³/mol. The number of nitrogens with two attached hydrogens (primary N) is 1. The first-order valence-corrected chi connectivity index (χ1v) is 6.61. The Morgan fingerprint density at radius 1 is 1.67 bits per heavy atom. The van der Waals surface area contributed by atoms with E-state index >= 15 is 0 Å². The van der Waals surface area contributed by atoms with E-state index in [0.717, 1.165) is 28.8 Å². The zero-order chi connectivity index (χ0) is 13.1. The highest BCUT2D eigenvalue weighted by Gasteiger charge is 2.30. The molecule has 1 aromatic rings. The average molecular weight is 261 g/mol. The maximum absolute atomic E-state index is 11.4. The smallest absolute Gasteiger partial charge is 0.234 e. The van der Waals surface area contributed by atoms with E-state index in [2.05, 4.69) is 18.3 Å². The lowest BCUT2D eigenvalue weighted by Crippen LogP contribution is -2.49. The molecular weight excluding hydrogens is 244 g/mol. The van der Waals surface area contributed by atoms with Crippen LogP contribution in [0.1, 0.15) is 36.9 Å². The third-order valence-electron chi connectivity index (χ3n) is 3.25. The summed E-state index contributed by atoms with van der Waals surface area (Å²) in [6.45, 7) is 2.10. The Kier molecular flexibility index (Phi) is 4.09. The number of thiocarbonyl (C=S) groups is 1. The molecule has 4 heteroatoms. The molecule has 1 radical (unpaired) electrons. The molecule has 1 aromatic carbocycles. The maximum atomic E-state index is 11.4. The summed E-state index contributed by atoms with van der Waals surface area (Å²) in [5.74, 6) is -0.325. The van der Waals surface area contributed by atoms with Gasteiger partial charge in [0.25, 0.3) is 0 Å². The van der Waals surface area contributed by atoms with E-state index in [-0.39, 0.29) is 18.0 Å². The molecule has 1 amide bonds. The number of nitrogens with one attached hydrogen (secondary N) is 1. The Morgan fingerprint density at radius 3 is 3.11 bits per heavy atom. The molecule has 0 bridgehead atoms. The van der Waals surface area contributed by atoms with Crippen molar-refractivity contribution in [3.63, 3.8) is 0 Å². The number of fused-ring (bicyclic) bond motifs is 1. The van der Waals surface area contributed by atoms with Gasteiger partial charge in [0.2, 0.25) is 5.91 Å². The molecule has 2 atom stereocenters. The first-order chi connectivity index (χ1) is 8.63. The number of amides is 1. The second-order valence-electron chi connectivity index (χ2n) is 4.60. The number of carbonyl (C=O) groups excluding carboxylic acids is 1. The van der Waals surface area contributed by atoms with Gasteiger partial charge in [-0.05, 0) is 30.0 Å². The lowest BCUT2D eigenvalue weighted by atomic mass is 9.87. The van der Waals surface area contributed by atoms with Gasteiger partial charge in [0.1, 0.15) is 0 Å². The minimum atomic E-state index is -0.340. The molecule has 1 heterocycles. The van der Waals surface area contributed by atoms with Gasteiger partial charge in [0.15, 0.2) is 0 Å². The number of hydrogen-bond acceptors (Lipinski definition) is 3. The van der Waals surface area contributed by atoms with E-state index < -0.39 is 0 Å². The highest BCUT2D eigenvalue weighted by Crippen LogP contribution is 2.27. The minimum Gasteiger partial charge on any atom is -0.368 e. The fourth-order valence-electron chi connectivity index (χ4n) is 2.35. The molecular formula is C14H17N2OS. The van der Waals surface area contributed by atoms with Gasteiger partial charge < -0.3 is 5.73 Å². The van der Waals surface area contributed by atoms with Crippen LogP contribution in [0.2, 0.25) is 0 Å². The fourth-order valence-corrected chi connectivity index (χ4v) is 2.74. The molecule has 18 heavy (non-hydrogen) atoms. The molecule has 0 aliphatic carbocycles. The van der Waals surface area contributed by atoms with Gasteiger partial charge in [0, 0.05) is 4.86 Å². The summed E-state index contributed by atoms with van der Waals surface area (Å²) >= 11 is 5.46. The summed E-state index contributed by atoms with van der Waals surface area (Å²) in [7, 11) is 0. The van der Waals surface area contributed by atoms with Crippen LogP contribution in [-0.2, 0) is 11.2 Å². The quantitative estimate of drug-likeness (QED) is 0.811. The fraction of sp³-hybridized carbons (Fsp3) is 0.429. The van der Waals surface area contributed by atoms with E-state index in [1.165, 1.54) is 0 Å². The van der Waals surface area contributed by atoms with Crippen LogP contribution in [0.3, 0.4) is 0 Å². The third-order valence-corrected chi connectivity index (χ3v) is 3.69. The summed E-state index contributed by atoms with van der Waals surface area (Å²) in [6.07, 6.45) is 2.50. The summed E-state index contributed by atoms with van der Waals surface area (Å²) < 4.78 is 0. The minimum absolute atomic E-state index is 0.0456. The number of benzene rings is 1. The standard InChI is InChI=1S/C14H17N2OS/c1-2-5-12(18)13-10-7-4-3-6-9(10)8-11(16-13)14(15)17/h4,6-7,11,13,16H,2,5,8H2,1H3,(H2,15,17). The number of rotatable bonds is 4. The second kappa shape index (κ2) is 5.59. The highest BCUT2D eigenvalue weighted by molar-refractivity contribution is 7.80. The van der Waals surface area contributed by atoms with Crippen LogP contribution >= 0.6 is 12.2 Å². The molecule has 0 spiro atoms. The summed E-state index contributed by atoms with van der Waals surface area (Å²) in [5.41, 5.74) is 7.68. The molecule has 0 fully saturated rings. The SMILES string of the molecule is CCCC(=S)C1NC(C(N)=O)Cc2c[c]ccc21. The number of carbonyl (C=O) groups is 1. The third kappa shape index (κ3) is 2.60. The predicted octanol–water partition coefficient (Wildman–Crippen LogP) is 1.70. The van der Waals surface area contributed by atoms with Crippen molar-refractivity contribution in [2.75, 3.05) is 0 Å². The first-order valence-electron chi connectivity index (χ1n) is 6.20. The largest absolute Gasteiger partial charge is 0.368 e. The number of hydrogen-bond donors (Lipinski definition) is 2. The van der Waals surface area contributed by atoms with Gasteiger partial charge in [-0.2, -0.15) is 0 Å². The van der Waals surface area contributed by atoms with Crippen molar-refractivity contribution in [1.82, 2.24) is 5.32 Å². The monoisotopic (exact) mass is 261 g/mol. The van der Waals surface area contributed by atoms with Gasteiger partial charge in [-0.3, -0.25) is 10.1 Å². The Labute approximate surface area is 113 Å². The second-order valence-corrected chi connectivity index (χ2v) is 5.12. The van der Waals surface area contributed by atoms with Crippen LogP contribution in [0.4, 0.5) is 0 Å². The van der Waals surface area contributed by atoms with Crippen molar-refractivity contribution < 1.29 is 4.79 Å². The van der Waals surface area contributed by atoms with Crippen molar-refractivity contribution in [3.8, 4) is 0 Å². The Morgan fingerprint density at radius 2 is 2.44 bits per heavy atom. The Bertz CT molecular complexity index is 473. The first kappa shape index (κ1) is 13.2. The van der Waals surface area contributed by atoms with Crippen molar-refractivity contribution >= 4 is 23.0 Å². The molecule has 0 saturated heterocycles. The Balaban J connectivity index is 2.33. The molecule has 2 unspecified atom stereocenters. The zero-order valence-corrected chi connectivity index (χ0v) is 11.2. The number of primary amides is 1. The summed E-state index contributed by atoms with van der Waals surface area (Å²) in [5, 5.41) is 3.26. The maximum Gasteiger partial charge on any atom is 0.234 e. The zero-order valence-electron chi connectivity index (χ0n) is 10.4. The van der Waals surface area contributed by atoms with Crippen molar-refractivity contribution in [2.24, 2.45) is 5.73 Å². The van der Waals surface area contributed by atoms with E-state index in [0.29, 0.717) is 6.42 Å². The average Bonchev–Trinajstić information content (AvgIpc) is 2.37. The molecule has 3 nitrogen and oxygen atoms in total. The van der Waals surface area contributed by atoms with E-state index in [1.54, 1.807) is 0 Å². The van der Waals surface area contributed by atoms with Crippen LogP contribution in [0.15, 0.2) is 18.2 Å². The van der Waals surface area contributed by atoms with Crippen LogP contribution in [0, 0.1) is 6.07 Å². The van der Waals surface area contributed by atoms with E-state index in [1.807, 2.05) is 18.2 Å². The molecule has 0 aromatic heterocycles. The molecule has 3 N–H and O–H groups in total. The van der Waals surface area contributed by atoms with Crippen molar-refractivity contribution in [2.45, 2.75) is 38.3 Å². The lowest BCUT2D eigenvalue weighted by molar-refractivity contribution is -0.120. The van der Waals surface area contributed by atoms with E-state index in [4.69, 9.17) is 18.0 Å². The Hall–Kier alpha value is -1.26. The van der Waals surface area contributed by atoms with Crippen LogP contribution in [0.25, 0.3) is 0 Å². The summed E-state index contributed by atoms with van der Waals surface area (Å²) in [4.78, 5) is 12.3. The summed E-state index contributed by atoms with van der Waals surface area (Å²) in [6, 6.07) is 8.49. The lowest BCUT2D eigenvalue weighted by Gasteiger charge is -2.32. The highest BCUT2D eigenvalue weighted by atomic mass is 32.1. The molecule has 1 aliphatic heterocycles. The molecule has 0 saturated carbocycles. The molecule has 2 rings (SSSR count). The van der Waals surface area contributed by atoms with Gasteiger partial charge in [-0.25, -0.2) is 0 Å². The van der Waals surface area contributed by atoms with Crippen LogP contribution < -0.4 is 11.1 Å². The van der Waals surface area contributed by atoms with Crippen molar-refractivity contribution in [3.05, 3.63) is 35.4 Å². The van der Waals surface area contributed by atoms with Gasteiger partial charge >= 0.3 is 0 Å². The van der Waals surface area contributed by atoms with Gasteiger partial charge in [-0.1, -0.05) is 43.8 Å². The topological polar surface area (TPSA) is 55.1 Å². The van der Waals surface area contributed by atoms with Gasteiger partial charge in [0.05, 0.1) is 12.1 Å². The van der Waals surface area contributed by atoms with E-state index in [9.17, 15) is 4.79 Å². The van der Waals surface area contributed by atoms with Crippen LogP contribution in [-0.4, -0.2) is 16.8 Å². The normalized spacial score (nSPS) is 22.3. The van der Waals surface area contributed by atoms with Gasteiger partial charge in [-0.15, -0.1) is 0 Å². The van der Waals surface area contributed by atoms with Crippen molar-refractivity contribution in [1.29, 1.82) is 0 Å². The molecule has 1 aliphatic rings. The molecule has 95 valence electrons.